The van der Waals surface area contributed by atoms with Gasteiger partial charge in [0.1, 0.15) is 0 Å². The van der Waals surface area contributed by atoms with Gasteiger partial charge in [-0.15, -0.1) is 12.4 Å². The fourth-order valence-electron chi connectivity index (χ4n) is 3.84. The van der Waals surface area contributed by atoms with E-state index in [1.54, 1.807) is 0 Å². The number of halogens is 1. The van der Waals surface area contributed by atoms with Crippen LogP contribution < -0.4 is 5.73 Å². The van der Waals surface area contributed by atoms with E-state index in [0.717, 1.165) is 36.3 Å². The molecule has 5 heteroatoms. The Labute approximate surface area is 156 Å². The Hall–Kier alpha value is -1.78. The van der Waals surface area contributed by atoms with Crippen molar-refractivity contribution in [1.82, 2.24) is 9.47 Å². The van der Waals surface area contributed by atoms with Gasteiger partial charge >= 0.3 is 0 Å². The summed E-state index contributed by atoms with van der Waals surface area (Å²) >= 11 is 0. The molecule has 2 N–H and O–H groups in total. The molecule has 4 nitrogen and oxygen atoms in total. The second-order valence-corrected chi connectivity index (χ2v) is 6.89. The first kappa shape index (κ1) is 19.5. The second kappa shape index (κ2) is 8.07. The molecule has 25 heavy (non-hydrogen) atoms. The van der Waals surface area contributed by atoms with Crippen LogP contribution >= 0.6 is 12.4 Å². The number of benzene rings is 1. The lowest BCUT2D eigenvalue weighted by Crippen LogP contribution is -2.45. The van der Waals surface area contributed by atoms with Crippen LogP contribution in [-0.2, 0) is 0 Å². The van der Waals surface area contributed by atoms with Gasteiger partial charge in [0.2, 0.25) is 0 Å². The number of piperidine rings is 1. The van der Waals surface area contributed by atoms with Gasteiger partial charge in [-0.2, -0.15) is 0 Å². The Balaban J connectivity index is 0.00000225. The summed E-state index contributed by atoms with van der Waals surface area (Å²) in [5.74, 6) is 0.116. The lowest BCUT2D eigenvalue weighted by atomic mass is 10.1. The fraction of sp³-hybridized carbons (Fsp3) is 0.450. The van der Waals surface area contributed by atoms with Crippen LogP contribution in [0.25, 0.3) is 0 Å². The number of amides is 1. The van der Waals surface area contributed by atoms with Gasteiger partial charge < -0.3 is 15.2 Å². The molecule has 3 rings (SSSR count). The summed E-state index contributed by atoms with van der Waals surface area (Å²) in [5.41, 5.74) is 10.3. The average Bonchev–Trinajstić information content (AvgIpc) is 2.89. The largest absolute Gasteiger partial charge is 0.341 e. The van der Waals surface area contributed by atoms with E-state index < -0.39 is 0 Å². The van der Waals surface area contributed by atoms with Gasteiger partial charge in [-0.1, -0.05) is 30.3 Å². The number of aryl methyl sites for hydroxylation is 1. The molecule has 0 aliphatic carbocycles. The highest BCUT2D eigenvalue weighted by molar-refractivity contribution is 5.95. The highest BCUT2D eigenvalue weighted by Crippen LogP contribution is 2.26. The maximum atomic E-state index is 12.9. The molecule has 0 bridgehead atoms. The average molecular weight is 362 g/mol. The summed E-state index contributed by atoms with van der Waals surface area (Å²) in [5, 5.41) is 0. The maximum Gasteiger partial charge on any atom is 0.255 e. The van der Waals surface area contributed by atoms with Crippen LogP contribution in [0.2, 0.25) is 0 Å². The van der Waals surface area contributed by atoms with Gasteiger partial charge in [0.15, 0.2) is 0 Å². The number of carbonyl (C=O) groups is 1. The Morgan fingerprint density at radius 1 is 1.24 bits per heavy atom. The van der Waals surface area contributed by atoms with E-state index in [1.165, 1.54) is 5.56 Å². The van der Waals surface area contributed by atoms with Crippen LogP contribution in [-0.4, -0.2) is 34.5 Å². The maximum absolute atomic E-state index is 12.9. The van der Waals surface area contributed by atoms with Crippen molar-refractivity contribution in [3.05, 3.63) is 58.9 Å². The summed E-state index contributed by atoms with van der Waals surface area (Å²) < 4.78 is 2.26. The van der Waals surface area contributed by atoms with E-state index in [-0.39, 0.29) is 30.4 Å². The first-order chi connectivity index (χ1) is 11.5. The molecular formula is C20H28ClN3O. The highest BCUT2D eigenvalue weighted by Gasteiger charge is 2.26. The summed E-state index contributed by atoms with van der Waals surface area (Å²) in [6.45, 7) is 7.77. The third-order valence-electron chi connectivity index (χ3n) is 5.13. The van der Waals surface area contributed by atoms with Crippen molar-refractivity contribution in [1.29, 1.82) is 0 Å². The molecule has 1 aromatic heterocycles. The number of carbonyl (C=O) groups excluding carboxylic acids is 1. The van der Waals surface area contributed by atoms with Crippen LogP contribution in [0.1, 0.15) is 53.1 Å². The topological polar surface area (TPSA) is 51.3 Å². The molecule has 0 saturated carbocycles. The highest BCUT2D eigenvalue weighted by atomic mass is 35.5. The molecule has 2 atom stereocenters. The van der Waals surface area contributed by atoms with E-state index in [9.17, 15) is 4.79 Å². The quantitative estimate of drug-likeness (QED) is 0.906. The van der Waals surface area contributed by atoms with Gasteiger partial charge in [-0.05, 0) is 45.2 Å². The van der Waals surface area contributed by atoms with E-state index in [4.69, 9.17) is 5.73 Å². The minimum absolute atomic E-state index is 0. The normalized spacial score (nSPS) is 18.6. The van der Waals surface area contributed by atoms with Crippen LogP contribution in [0.5, 0.6) is 0 Å². The van der Waals surface area contributed by atoms with E-state index in [0.29, 0.717) is 6.54 Å². The van der Waals surface area contributed by atoms with E-state index >= 15 is 0 Å². The molecule has 2 heterocycles. The van der Waals surface area contributed by atoms with Gasteiger partial charge in [-0.3, -0.25) is 4.79 Å². The standard InChI is InChI=1S/C20H27N3O.ClH/c1-14-12-19(20(24)22-11-7-10-18(21)13-22)16(3)23(14)15(2)17-8-5-4-6-9-17;/h4-6,8-9,12,15,18H,7,10-11,13,21H2,1-3H3;1H. The predicted molar refractivity (Wildman–Crippen MR) is 105 cm³/mol. The molecule has 2 unspecified atom stereocenters. The van der Waals surface area contributed by atoms with E-state index in [2.05, 4.69) is 42.7 Å². The zero-order valence-electron chi connectivity index (χ0n) is 15.2. The molecule has 1 saturated heterocycles. The van der Waals surface area contributed by atoms with Crippen molar-refractivity contribution in [2.75, 3.05) is 13.1 Å². The van der Waals surface area contributed by atoms with Crippen molar-refractivity contribution >= 4 is 18.3 Å². The molecular weight excluding hydrogens is 334 g/mol. The summed E-state index contributed by atoms with van der Waals surface area (Å²) in [6.07, 6.45) is 2.00. The lowest BCUT2D eigenvalue weighted by molar-refractivity contribution is 0.0708. The Morgan fingerprint density at radius 2 is 1.92 bits per heavy atom. The third kappa shape index (κ3) is 3.91. The first-order valence-corrected chi connectivity index (χ1v) is 8.77. The summed E-state index contributed by atoms with van der Waals surface area (Å²) in [4.78, 5) is 14.9. The van der Waals surface area contributed by atoms with Crippen molar-refractivity contribution < 1.29 is 4.79 Å². The number of nitrogens with zero attached hydrogens (tertiary/aromatic N) is 2. The first-order valence-electron chi connectivity index (χ1n) is 8.77. The number of likely N-dealkylation sites (tertiary alicyclic amines) is 1. The number of nitrogens with two attached hydrogens (primary N) is 1. The molecule has 1 aliphatic rings. The Kier molecular flexibility index (Phi) is 6.31. The van der Waals surface area contributed by atoms with Crippen LogP contribution in [0, 0.1) is 13.8 Å². The van der Waals surface area contributed by atoms with Gasteiger partial charge in [0.05, 0.1) is 11.6 Å². The third-order valence-corrected chi connectivity index (χ3v) is 5.13. The van der Waals surface area contributed by atoms with Crippen molar-refractivity contribution in [2.24, 2.45) is 5.73 Å². The Bertz CT molecular complexity index is 726. The Morgan fingerprint density at radius 3 is 2.56 bits per heavy atom. The SMILES string of the molecule is Cc1cc(C(=O)N2CCCC(N)C2)c(C)n1C(C)c1ccccc1.Cl. The molecule has 0 spiro atoms. The zero-order valence-corrected chi connectivity index (χ0v) is 16.1. The van der Waals surface area contributed by atoms with Crippen LogP contribution in [0.3, 0.4) is 0 Å². The molecule has 136 valence electrons. The minimum atomic E-state index is 0. The number of hydrogen-bond acceptors (Lipinski definition) is 2. The summed E-state index contributed by atoms with van der Waals surface area (Å²) in [7, 11) is 0. The monoisotopic (exact) mass is 361 g/mol. The molecule has 1 fully saturated rings. The van der Waals surface area contributed by atoms with E-state index in [1.807, 2.05) is 24.0 Å². The lowest BCUT2D eigenvalue weighted by Gasteiger charge is -2.31. The van der Waals surface area contributed by atoms with Gasteiger partial charge in [0, 0.05) is 30.5 Å². The van der Waals surface area contributed by atoms with Crippen molar-refractivity contribution in [3.63, 3.8) is 0 Å². The smallest absolute Gasteiger partial charge is 0.255 e. The summed E-state index contributed by atoms with van der Waals surface area (Å²) in [6, 6.07) is 12.7. The fourth-order valence-corrected chi connectivity index (χ4v) is 3.84. The number of hydrogen-bond donors (Lipinski definition) is 1. The predicted octanol–water partition coefficient (Wildman–Crippen LogP) is 3.70. The van der Waals surface area contributed by atoms with Gasteiger partial charge in [0.25, 0.3) is 5.91 Å². The molecule has 1 aliphatic heterocycles. The van der Waals surface area contributed by atoms with Crippen LogP contribution in [0.4, 0.5) is 0 Å². The molecule has 2 aromatic rings. The molecule has 0 radical (unpaired) electrons. The van der Waals surface area contributed by atoms with Crippen LogP contribution in [0.15, 0.2) is 36.4 Å². The molecule has 1 aromatic carbocycles. The number of rotatable bonds is 3. The van der Waals surface area contributed by atoms with Crippen molar-refractivity contribution in [3.8, 4) is 0 Å². The number of aromatic nitrogens is 1. The minimum Gasteiger partial charge on any atom is -0.341 e. The molecule has 1 amide bonds. The zero-order chi connectivity index (χ0) is 17.3. The second-order valence-electron chi connectivity index (χ2n) is 6.89. The van der Waals surface area contributed by atoms with Gasteiger partial charge in [-0.25, -0.2) is 0 Å². The van der Waals surface area contributed by atoms with Crippen molar-refractivity contribution in [2.45, 2.75) is 45.7 Å².